The number of carbonyl (C=O) groups is 2. The summed E-state index contributed by atoms with van der Waals surface area (Å²) in [6.45, 7) is 1.91. The molecule has 0 spiro atoms. The van der Waals surface area contributed by atoms with Gasteiger partial charge in [0.2, 0.25) is 5.91 Å². The van der Waals surface area contributed by atoms with Gasteiger partial charge in [-0.05, 0) is 31.2 Å². The fourth-order valence-electron chi connectivity index (χ4n) is 1.90. The minimum absolute atomic E-state index is 0.0836. The second-order valence-electron chi connectivity index (χ2n) is 4.68. The van der Waals surface area contributed by atoms with Crippen molar-refractivity contribution in [3.05, 3.63) is 59.7 Å². The van der Waals surface area contributed by atoms with Crippen molar-refractivity contribution < 1.29 is 23.1 Å². The van der Waals surface area contributed by atoms with Crippen molar-refractivity contribution in [3.63, 3.8) is 0 Å². The lowest BCUT2D eigenvalue weighted by Crippen LogP contribution is -2.17. The number of hydrogen-bond acceptors (Lipinski definition) is 4. The van der Waals surface area contributed by atoms with Gasteiger partial charge in [-0.2, -0.15) is 0 Å². The van der Waals surface area contributed by atoms with E-state index in [1.807, 2.05) is 0 Å². The Hall–Kier alpha value is -2.41. The summed E-state index contributed by atoms with van der Waals surface area (Å²) in [5.41, 5.74) is 0.562. The predicted octanol–water partition coefficient (Wildman–Crippen LogP) is 3.87. The third kappa shape index (κ3) is 4.79. The minimum atomic E-state index is -0.722. The number of ether oxygens (including phenoxy) is 1. The molecule has 0 saturated heterocycles. The highest BCUT2D eigenvalue weighted by molar-refractivity contribution is 8.00. The Morgan fingerprint density at radius 2 is 1.92 bits per heavy atom. The molecular weight excluding hydrogens is 336 g/mol. The number of thioether (sulfide) groups is 1. The van der Waals surface area contributed by atoms with Crippen LogP contribution in [0.15, 0.2) is 47.4 Å². The van der Waals surface area contributed by atoms with E-state index in [9.17, 15) is 18.4 Å². The summed E-state index contributed by atoms with van der Waals surface area (Å²) in [5.74, 6) is -2.44. The fraction of sp³-hybridized carbons (Fsp3) is 0.176. The largest absolute Gasteiger partial charge is 0.462 e. The van der Waals surface area contributed by atoms with Gasteiger partial charge < -0.3 is 10.1 Å². The Labute approximate surface area is 142 Å². The topological polar surface area (TPSA) is 55.4 Å². The maximum Gasteiger partial charge on any atom is 0.340 e. The molecule has 2 rings (SSSR count). The van der Waals surface area contributed by atoms with Gasteiger partial charge in [-0.25, -0.2) is 13.6 Å². The van der Waals surface area contributed by atoms with Crippen LogP contribution in [0.3, 0.4) is 0 Å². The highest BCUT2D eigenvalue weighted by Gasteiger charge is 2.14. The average Bonchev–Trinajstić information content (AvgIpc) is 2.54. The van der Waals surface area contributed by atoms with Gasteiger partial charge in [0, 0.05) is 11.0 Å². The molecule has 1 N–H and O–H groups in total. The molecule has 0 aliphatic heterocycles. The quantitative estimate of drug-likeness (QED) is 0.634. The normalized spacial score (nSPS) is 10.3. The number of esters is 1. The summed E-state index contributed by atoms with van der Waals surface area (Å²) < 4.78 is 31.3. The second-order valence-corrected chi connectivity index (χ2v) is 5.69. The van der Waals surface area contributed by atoms with Crippen LogP contribution in [-0.4, -0.2) is 24.2 Å². The molecule has 0 aliphatic carbocycles. The average molecular weight is 351 g/mol. The van der Waals surface area contributed by atoms with Crippen molar-refractivity contribution in [1.29, 1.82) is 0 Å². The van der Waals surface area contributed by atoms with Crippen molar-refractivity contribution in [2.24, 2.45) is 0 Å². The first-order valence-electron chi connectivity index (χ1n) is 7.15. The molecule has 2 aromatic carbocycles. The van der Waals surface area contributed by atoms with E-state index in [1.165, 1.54) is 6.07 Å². The van der Waals surface area contributed by atoms with Gasteiger partial charge in [0.15, 0.2) is 0 Å². The number of benzene rings is 2. The molecule has 0 aliphatic rings. The SMILES string of the molecule is CCOC(=O)c1ccccc1NC(=O)CSc1ccc(F)cc1F. The van der Waals surface area contributed by atoms with Gasteiger partial charge >= 0.3 is 5.97 Å². The van der Waals surface area contributed by atoms with Crippen LogP contribution in [0.5, 0.6) is 0 Å². The lowest BCUT2D eigenvalue weighted by molar-refractivity contribution is -0.113. The molecule has 0 saturated carbocycles. The third-order valence-electron chi connectivity index (χ3n) is 2.95. The first-order chi connectivity index (χ1) is 11.5. The molecule has 0 radical (unpaired) electrons. The molecule has 0 aromatic heterocycles. The predicted molar refractivity (Wildman–Crippen MR) is 88.1 cm³/mol. The van der Waals surface area contributed by atoms with Crippen LogP contribution in [0.1, 0.15) is 17.3 Å². The van der Waals surface area contributed by atoms with E-state index in [-0.39, 0.29) is 22.8 Å². The van der Waals surface area contributed by atoms with Crippen molar-refractivity contribution in [1.82, 2.24) is 0 Å². The van der Waals surface area contributed by atoms with Gasteiger partial charge in [0.1, 0.15) is 11.6 Å². The lowest BCUT2D eigenvalue weighted by atomic mass is 10.2. The first-order valence-corrected chi connectivity index (χ1v) is 8.13. The molecule has 24 heavy (non-hydrogen) atoms. The van der Waals surface area contributed by atoms with Crippen LogP contribution in [-0.2, 0) is 9.53 Å². The fourth-order valence-corrected chi connectivity index (χ4v) is 2.62. The first kappa shape index (κ1) is 17.9. The van der Waals surface area contributed by atoms with E-state index in [0.29, 0.717) is 5.69 Å². The number of halogens is 2. The number of carbonyl (C=O) groups excluding carboxylic acids is 2. The monoisotopic (exact) mass is 351 g/mol. The van der Waals surface area contributed by atoms with Crippen LogP contribution in [0, 0.1) is 11.6 Å². The second kappa shape index (κ2) is 8.44. The summed E-state index contributed by atoms with van der Waals surface area (Å²) in [7, 11) is 0. The molecule has 1 amide bonds. The van der Waals surface area contributed by atoms with Crippen molar-refractivity contribution in [2.45, 2.75) is 11.8 Å². The van der Waals surface area contributed by atoms with Gasteiger partial charge in [-0.1, -0.05) is 12.1 Å². The summed E-state index contributed by atoms with van der Waals surface area (Å²) in [6.07, 6.45) is 0. The molecule has 7 heteroatoms. The number of nitrogens with one attached hydrogen (secondary N) is 1. The van der Waals surface area contributed by atoms with E-state index in [0.717, 1.165) is 23.9 Å². The summed E-state index contributed by atoms with van der Waals surface area (Å²) in [5, 5.41) is 2.59. The standard InChI is InChI=1S/C17H15F2NO3S/c1-2-23-17(22)12-5-3-4-6-14(12)20-16(21)10-24-15-8-7-11(18)9-13(15)19/h3-9H,2,10H2,1H3,(H,20,21). The molecular formula is C17H15F2NO3S. The molecule has 0 unspecified atom stereocenters. The molecule has 4 nitrogen and oxygen atoms in total. The lowest BCUT2D eigenvalue weighted by Gasteiger charge is -2.10. The molecule has 2 aromatic rings. The Morgan fingerprint density at radius 3 is 2.62 bits per heavy atom. The number of para-hydroxylation sites is 1. The summed E-state index contributed by atoms with van der Waals surface area (Å²) in [6, 6.07) is 9.61. The highest BCUT2D eigenvalue weighted by atomic mass is 32.2. The molecule has 0 heterocycles. The Balaban J connectivity index is 2.01. The number of anilines is 1. The Bertz CT molecular complexity index is 752. The van der Waals surface area contributed by atoms with Crippen LogP contribution in [0.25, 0.3) is 0 Å². The van der Waals surface area contributed by atoms with Crippen LogP contribution < -0.4 is 5.32 Å². The van der Waals surface area contributed by atoms with Crippen molar-refractivity contribution in [2.75, 3.05) is 17.7 Å². The Kier molecular flexibility index (Phi) is 6.31. The van der Waals surface area contributed by atoms with E-state index in [4.69, 9.17) is 4.74 Å². The zero-order valence-corrected chi connectivity index (χ0v) is 13.7. The number of hydrogen-bond donors (Lipinski definition) is 1. The number of amides is 1. The van der Waals surface area contributed by atoms with Gasteiger partial charge in [0.05, 0.1) is 23.6 Å². The van der Waals surface area contributed by atoms with E-state index >= 15 is 0 Å². The summed E-state index contributed by atoms with van der Waals surface area (Å²) in [4.78, 5) is 24.0. The van der Waals surface area contributed by atoms with Crippen molar-refractivity contribution >= 4 is 29.3 Å². The molecule has 0 fully saturated rings. The van der Waals surface area contributed by atoms with Crippen molar-refractivity contribution in [3.8, 4) is 0 Å². The summed E-state index contributed by atoms with van der Waals surface area (Å²) >= 11 is 0.938. The zero-order chi connectivity index (χ0) is 17.5. The molecule has 126 valence electrons. The third-order valence-corrected chi connectivity index (χ3v) is 4.00. The van der Waals surface area contributed by atoms with Crippen LogP contribution in [0.2, 0.25) is 0 Å². The number of rotatable bonds is 6. The maximum atomic E-state index is 13.5. The van der Waals surface area contributed by atoms with E-state index in [2.05, 4.69) is 5.32 Å². The van der Waals surface area contributed by atoms with Crippen LogP contribution in [0.4, 0.5) is 14.5 Å². The Morgan fingerprint density at radius 1 is 1.17 bits per heavy atom. The smallest absolute Gasteiger partial charge is 0.340 e. The maximum absolute atomic E-state index is 13.5. The van der Waals surface area contributed by atoms with E-state index < -0.39 is 23.5 Å². The zero-order valence-electron chi connectivity index (χ0n) is 12.8. The molecule has 0 bridgehead atoms. The van der Waals surface area contributed by atoms with Gasteiger partial charge in [-0.15, -0.1) is 11.8 Å². The molecule has 0 atom stereocenters. The van der Waals surface area contributed by atoms with Gasteiger partial charge in [-0.3, -0.25) is 4.79 Å². The van der Waals surface area contributed by atoms with E-state index in [1.54, 1.807) is 31.2 Å². The minimum Gasteiger partial charge on any atom is -0.462 e. The van der Waals surface area contributed by atoms with Crippen LogP contribution >= 0.6 is 11.8 Å². The van der Waals surface area contributed by atoms with Gasteiger partial charge in [0.25, 0.3) is 0 Å². The highest BCUT2D eigenvalue weighted by Crippen LogP contribution is 2.23.